The molecule has 25 heavy (non-hydrogen) atoms. The highest BCUT2D eigenvalue weighted by Crippen LogP contribution is 2.30. The topological polar surface area (TPSA) is 63.3 Å². The Labute approximate surface area is 147 Å². The second-order valence-corrected chi connectivity index (χ2v) is 5.61. The van der Waals surface area contributed by atoms with E-state index in [0.717, 1.165) is 16.5 Å². The second-order valence-electron chi connectivity index (χ2n) is 5.61. The molecule has 2 aromatic carbocycles. The molecule has 3 aromatic rings. The Morgan fingerprint density at radius 1 is 1.04 bits per heavy atom. The van der Waals surface area contributed by atoms with Crippen molar-refractivity contribution in [2.75, 3.05) is 18.5 Å². The molecule has 2 N–H and O–H groups in total. The third kappa shape index (κ3) is 3.94. The summed E-state index contributed by atoms with van der Waals surface area (Å²) < 4.78 is 11.1. The predicted octanol–water partition coefficient (Wildman–Crippen LogP) is 4.15. The van der Waals surface area contributed by atoms with Crippen LogP contribution in [0.3, 0.4) is 0 Å². The summed E-state index contributed by atoms with van der Waals surface area (Å²) in [7, 11) is 0. The Bertz CT molecular complexity index is 870. The summed E-state index contributed by atoms with van der Waals surface area (Å²) >= 11 is 0. The van der Waals surface area contributed by atoms with Crippen LogP contribution in [0.1, 0.15) is 19.4 Å². The highest BCUT2D eigenvalue weighted by Gasteiger charge is 2.11. The number of aromatic amines is 1. The van der Waals surface area contributed by atoms with Crippen LogP contribution in [-0.4, -0.2) is 24.1 Å². The van der Waals surface area contributed by atoms with E-state index >= 15 is 0 Å². The third-order valence-electron chi connectivity index (χ3n) is 3.85. The molecule has 3 rings (SSSR count). The van der Waals surface area contributed by atoms with Gasteiger partial charge in [-0.15, -0.1) is 0 Å². The molecule has 0 atom stereocenters. The Morgan fingerprint density at radius 2 is 1.80 bits per heavy atom. The van der Waals surface area contributed by atoms with E-state index in [1.165, 1.54) is 0 Å². The first-order chi connectivity index (χ1) is 12.2. The number of benzene rings is 2. The van der Waals surface area contributed by atoms with Crippen molar-refractivity contribution in [3.63, 3.8) is 0 Å². The fourth-order valence-corrected chi connectivity index (χ4v) is 2.78. The van der Waals surface area contributed by atoms with Gasteiger partial charge in [0, 0.05) is 28.9 Å². The number of rotatable bonds is 7. The van der Waals surface area contributed by atoms with Gasteiger partial charge in [-0.3, -0.25) is 4.79 Å². The molecule has 1 heterocycles. The SMILES string of the molecule is CCOc1ccc(NC(=O)Cc2c[nH]c3ccccc23)cc1OCC. The van der Waals surface area contributed by atoms with Crippen molar-refractivity contribution in [2.24, 2.45) is 0 Å². The van der Waals surface area contributed by atoms with E-state index in [2.05, 4.69) is 10.3 Å². The molecule has 1 aromatic heterocycles. The zero-order chi connectivity index (χ0) is 17.6. The molecule has 1 amide bonds. The molecule has 0 saturated carbocycles. The van der Waals surface area contributed by atoms with Crippen molar-refractivity contribution in [3.05, 3.63) is 54.2 Å². The highest BCUT2D eigenvalue weighted by atomic mass is 16.5. The standard InChI is InChI=1S/C20H22N2O3/c1-3-24-18-10-9-15(12-19(18)25-4-2)22-20(23)11-14-13-21-17-8-6-5-7-16(14)17/h5-10,12-13,21H,3-4,11H2,1-2H3,(H,22,23). The van der Waals surface area contributed by atoms with Gasteiger partial charge in [0.05, 0.1) is 19.6 Å². The quantitative estimate of drug-likeness (QED) is 0.680. The Kier molecular flexibility index (Phi) is 5.23. The van der Waals surface area contributed by atoms with Crippen molar-refractivity contribution in [2.45, 2.75) is 20.3 Å². The van der Waals surface area contributed by atoms with E-state index in [1.807, 2.05) is 56.4 Å². The van der Waals surface area contributed by atoms with Crippen LogP contribution in [0.25, 0.3) is 10.9 Å². The van der Waals surface area contributed by atoms with Gasteiger partial charge >= 0.3 is 0 Å². The maximum absolute atomic E-state index is 12.4. The minimum atomic E-state index is -0.0728. The van der Waals surface area contributed by atoms with Crippen molar-refractivity contribution >= 4 is 22.5 Å². The number of hydrogen-bond donors (Lipinski definition) is 2. The summed E-state index contributed by atoms with van der Waals surface area (Å²) in [5.74, 6) is 1.24. The number of aromatic nitrogens is 1. The largest absolute Gasteiger partial charge is 0.490 e. The first-order valence-corrected chi connectivity index (χ1v) is 8.45. The lowest BCUT2D eigenvalue weighted by molar-refractivity contribution is -0.115. The molecule has 0 saturated heterocycles. The number of ether oxygens (including phenoxy) is 2. The van der Waals surface area contributed by atoms with Crippen LogP contribution in [0.5, 0.6) is 11.5 Å². The van der Waals surface area contributed by atoms with Crippen LogP contribution in [-0.2, 0) is 11.2 Å². The summed E-state index contributed by atoms with van der Waals surface area (Å²) in [4.78, 5) is 15.6. The van der Waals surface area contributed by atoms with Gasteiger partial charge in [-0.05, 0) is 37.6 Å². The van der Waals surface area contributed by atoms with Crippen molar-refractivity contribution in [1.82, 2.24) is 4.98 Å². The van der Waals surface area contributed by atoms with Gasteiger partial charge in [-0.2, -0.15) is 0 Å². The highest BCUT2D eigenvalue weighted by molar-refractivity contribution is 5.96. The molecule has 0 spiro atoms. The summed E-state index contributed by atoms with van der Waals surface area (Å²) in [6.45, 7) is 4.93. The third-order valence-corrected chi connectivity index (χ3v) is 3.85. The van der Waals surface area contributed by atoms with E-state index in [4.69, 9.17) is 9.47 Å². The van der Waals surface area contributed by atoms with Crippen molar-refractivity contribution in [1.29, 1.82) is 0 Å². The Balaban J connectivity index is 1.73. The molecule has 0 aliphatic rings. The molecule has 0 fully saturated rings. The van der Waals surface area contributed by atoms with Crippen molar-refractivity contribution < 1.29 is 14.3 Å². The van der Waals surface area contributed by atoms with Crippen LogP contribution < -0.4 is 14.8 Å². The summed E-state index contributed by atoms with van der Waals surface area (Å²) in [6.07, 6.45) is 2.19. The average Bonchev–Trinajstić information content (AvgIpc) is 3.01. The van der Waals surface area contributed by atoms with Gasteiger partial charge in [0.25, 0.3) is 0 Å². The number of H-pyrrole nitrogens is 1. The van der Waals surface area contributed by atoms with Gasteiger partial charge in [0.2, 0.25) is 5.91 Å². The minimum absolute atomic E-state index is 0.0728. The number of nitrogens with one attached hydrogen (secondary N) is 2. The molecule has 5 nitrogen and oxygen atoms in total. The number of fused-ring (bicyclic) bond motifs is 1. The van der Waals surface area contributed by atoms with Gasteiger partial charge in [0.15, 0.2) is 11.5 Å². The molecule has 0 bridgehead atoms. The Morgan fingerprint density at radius 3 is 2.60 bits per heavy atom. The van der Waals surface area contributed by atoms with Crippen LogP contribution in [0.2, 0.25) is 0 Å². The molecule has 0 radical (unpaired) electrons. The molecule has 5 heteroatoms. The summed E-state index contributed by atoms with van der Waals surface area (Å²) in [6, 6.07) is 13.4. The first kappa shape index (κ1) is 16.9. The molecular formula is C20H22N2O3. The van der Waals surface area contributed by atoms with E-state index < -0.39 is 0 Å². The summed E-state index contributed by atoms with van der Waals surface area (Å²) in [5, 5.41) is 3.99. The number of amides is 1. The minimum Gasteiger partial charge on any atom is -0.490 e. The maximum Gasteiger partial charge on any atom is 0.228 e. The van der Waals surface area contributed by atoms with Gasteiger partial charge in [0.1, 0.15) is 0 Å². The summed E-state index contributed by atoms with van der Waals surface area (Å²) in [5.41, 5.74) is 2.70. The average molecular weight is 338 g/mol. The normalized spacial score (nSPS) is 10.6. The van der Waals surface area contributed by atoms with Gasteiger partial charge in [-0.25, -0.2) is 0 Å². The smallest absolute Gasteiger partial charge is 0.228 e. The molecule has 0 aliphatic carbocycles. The zero-order valence-electron chi connectivity index (χ0n) is 14.5. The lowest BCUT2D eigenvalue weighted by atomic mass is 10.1. The second kappa shape index (κ2) is 7.75. The number of carbonyl (C=O) groups is 1. The van der Waals surface area contributed by atoms with Crippen LogP contribution in [0.15, 0.2) is 48.7 Å². The molecule has 0 unspecified atom stereocenters. The number of carbonyl (C=O) groups excluding carboxylic acids is 1. The van der Waals surface area contributed by atoms with Gasteiger partial charge in [-0.1, -0.05) is 18.2 Å². The number of hydrogen-bond acceptors (Lipinski definition) is 3. The van der Waals surface area contributed by atoms with Crippen molar-refractivity contribution in [3.8, 4) is 11.5 Å². The van der Waals surface area contributed by atoms with E-state index in [0.29, 0.717) is 36.8 Å². The van der Waals surface area contributed by atoms with Crippen LogP contribution in [0.4, 0.5) is 5.69 Å². The molecule has 0 aliphatic heterocycles. The molecule has 130 valence electrons. The van der Waals surface area contributed by atoms with E-state index in [-0.39, 0.29) is 5.91 Å². The number of anilines is 1. The predicted molar refractivity (Wildman–Crippen MR) is 99.4 cm³/mol. The fourth-order valence-electron chi connectivity index (χ4n) is 2.78. The molecular weight excluding hydrogens is 316 g/mol. The first-order valence-electron chi connectivity index (χ1n) is 8.45. The van der Waals surface area contributed by atoms with E-state index in [1.54, 1.807) is 6.07 Å². The fraction of sp³-hybridized carbons (Fsp3) is 0.250. The van der Waals surface area contributed by atoms with E-state index in [9.17, 15) is 4.79 Å². The lowest BCUT2D eigenvalue weighted by Crippen LogP contribution is -2.14. The zero-order valence-corrected chi connectivity index (χ0v) is 14.5. The monoisotopic (exact) mass is 338 g/mol. The maximum atomic E-state index is 12.4. The van der Waals surface area contributed by atoms with Gasteiger partial charge < -0.3 is 19.8 Å². The van der Waals surface area contributed by atoms with Crippen LogP contribution >= 0.6 is 0 Å². The van der Waals surface area contributed by atoms with Crippen LogP contribution in [0, 0.1) is 0 Å². The lowest BCUT2D eigenvalue weighted by Gasteiger charge is -2.13. The Hall–Kier alpha value is -2.95. The number of para-hydroxylation sites is 1.